The zero-order chi connectivity index (χ0) is 15.2. The van der Waals surface area contributed by atoms with Gasteiger partial charge in [0.2, 0.25) is 0 Å². The van der Waals surface area contributed by atoms with Crippen LogP contribution in [0.2, 0.25) is 0 Å². The Labute approximate surface area is 133 Å². The van der Waals surface area contributed by atoms with Crippen molar-refractivity contribution in [3.05, 3.63) is 11.1 Å². The molecule has 1 saturated heterocycles. The predicted octanol–water partition coefficient (Wildman–Crippen LogP) is 2.67. The molecule has 0 spiro atoms. The molecule has 0 unspecified atom stereocenters. The van der Waals surface area contributed by atoms with Crippen LogP contribution in [0.25, 0.3) is 0 Å². The molecule has 0 amide bonds. The highest BCUT2D eigenvalue weighted by Gasteiger charge is 2.19. The molecule has 4 nitrogen and oxygen atoms in total. The number of anilines is 1. The van der Waals surface area contributed by atoms with Gasteiger partial charge in [-0.2, -0.15) is 0 Å². The van der Waals surface area contributed by atoms with Gasteiger partial charge in [-0.3, -0.25) is 0 Å². The number of aromatic nitrogens is 1. The van der Waals surface area contributed by atoms with E-state index in [1.165, 1.54) is 31.6 Å². The first-order chi connectivity index (χ1) is 10.0. The van der Waals surface area contributed by atoms with Crippen LogP contribution < -0.4 is 10.2 Å². The maximum atomic E-state index is 4.76. The quantitative estimate of drug-likeness (QED) is 0.839. The molecule has 2 rings (SSSR count). The molecule has 1 aromatic heterocycles. The number of nitrogens with zero attached hydrogens (tertiary/aromatic N) is 3. The fourth-order valence-electron chi connectivity index (χ4n) is 2.75. The number of hydrogen-bond donors (Lipinski definition) is 1. The zero-order valence-electron chi connectivity index (χ0n) is 13.9. The summed E-state index contributed by atoms with van der Waals surface area (Å²) in [6.45, 7) is 10.0. The van der Waals surface area contributed by atoms with Gasteiger partial charge in [0.15, 0.2) is 5.13 Å². The Morgan fingerprint density at radius 1 is 1.43 bits per heavy atom. The Morgan fingerprint density at radius 2 is 2.14 bits per heavy atom. The van der Waals surface area contributed by atoms with Gasteiger partial charge in [0.25, 0.3) is 0 Å². The molecule has 1 fully saturated rings. The van der Waals surface area contributed by atoms with Gasteiger partial charge >= 0.3 is 0 Å². The summed E-state index contributed by atoms with van der Waals surface area (Å²) in [4.78, 5) is 9.53. The molecule has 0 atom stereocenters. The summed E-state index contributed by atoms with van der Waals surface area (Å²) >= 11 is 1.77. The third-order valence-corrected chi connectivity index (χ3v) is 5.10. The SMILES string of the molecule is CC(C)CNCc1csc(N(C)CC2CCN(C)CC2)n1. The summed E-state index contributed by atoms with van der Waals surface area (Å²) in [5.41, 5.74) is 1.17. The highest BCUT2D eigenvalue weighted by molar-refractivity contribution is 7.13. The van der Waals surface area contributed by atoms with Crippen molar-refractivity contribution < 1.29 is 0 Å². The maximum Gasteiger partial charge on any atom is 0.185 e. The first-order valence-electron chi connectivity index (χ1n) is 8.09. The molecule has 0 bridgehead atoms. The van der Waals surface area contributed by atoms with Crippen LogP contribution >= 0.6 is 11.3 Å². The van der Waals surface area contributed by atoms with Crippen molar-refractivity contribution >= 4 is 16.5 Å². The minimum atomic E-state index is 0.690. The Kier molecular flexibility index (Phi) is 6.45. The molecule has 0 aromatic carbocycles. The Morgan fingerprint density at radius 3 is 2.81 bits per heavy atom. The predicted molar refractivity (Wildman–Crippen MR) is 92.1 cm³/mol. The Bertz CT molecular complexity index is 410. The van der Waals surface area contributed by atoms with Crippen molar-refractivity contribution in [1.29, 1.82) is 0 Å². The van der Waals surface area contributed by atoms with Gasteiger partial charge in [-0.15, -0.1) is 11.3 Å². The van der Waals surface area contributed by atoms with E-state index in [0.717, 1.165) is 30.7 Å². The Balaban J connectivity index is 1.77. The highest BCUT2D eigenvalue weighted by Crippen LogP contribution is 2.23. The topological polar surface area (TPSA) is 31.4 Å². The molecular formula is C16H30N4S. The van der Waals surface area contributed by atoms with E-state index in [1.54, 1.807) is 11.3 Å². The third kappa shape index (κ3) is 5.57. The van der Waals surface area contributed by atoms with Crippen molar-refractivity contribution in [2.45, 2.75) is 33.2 Å². The van der Waals surface area contributed by atoms with Crippen molar-refractivity contribution in [2.75, 3.05) is 45.2 Å². The van der Waals surface area contributed by atoms with Crippen LogP contribution in [-0.2, 0) is 6.54 Å². The van der Waals surface area contributed by atoms with Crippen LogP contribution in [-0.4, -0.2) is 50.2 Å². The first-order valence-corrected chi connectivity index (χ1v) is 8.97. The number of nitrogens with one attached hydrogen (secondary N) is 1. The van der Waals surface area contributed by atoms with Gasteiger partial charge in [0, 0.05) is 25.5 Å². The van der Waals surface area contributed by atoms with Crippen LogP contribution in [0.15, 0.2) is 5.38 Å². The summed E-state index contributed by atoms with van der Waals surface area (Å²) in [6, 6.07) is 0. The van der Waals surface area contributed by atoms with E-state index >= 15 is 0 Å². The molecule has 1 aliphatic heterocycles. The fourth-order valence-corrected chi connectivity index (χ4v) is 3.55. The third-order valence-electron chi connectivity index (χ3n) is 4.10. The van der Waals surface area contributed by atoms with E-state index in [-0.39, 0.29) is 0 Å². The maximum absolute atomic E-state index is 4.76. The molecule has 21 heavy (non-hydrogen) atoms. The van der Waals surface area contributed by atoms with Crippen LogP contribution in [0.5, 0.6) is 0 Å². The second-order valence-electron chi connectivity index (χ2n) is 6.77. The van der Waals surface area contributed by atoms with E-state index < -0.39 is 0 Å². The van der Waals surface area contributed by atoms with Crippen LogP contribution in [0.4, 0.5) is 5.13 Å². The standard InChI is InChI=1S/C16H30N4S/c1-13(2)9-17-10-15-12-21-16(18-15)20(4)11-14-5-7-19(3)8-6-14/h12-14,17H,5-11H2,1-4H3. The summed E-state index contributed by atoms with van der Waals surface area (Å²) in [7, 11) is 4.40. The molecule has 0 aliphatic carbocycles. The van der Waals surface area contributed by atoms with E-state index in [1.807, 2.05) is 0 Å². The van der Waals surface area contributed by atoms with Gasteiger partial charge in [-0.1, -0.05) is 13.8 Å². The summed E-state index contributed by atoms with van der Waals surface area (Å²) < 4.78 is 0. The van der Waals surface area contributed by atoms with Gasteiger partial charge in [0.1, 0.15) is 0 Å². The van der Waals surface area contributed by atoms with Gasteiger partial charge in [-0.05, 0) is 51.4 Å². The number of thiazole rings is 1. The van der Waals surface area contributed by atoms with Crippen molar-refractivity contribution in [3.63, 3.8) is 0 Å². The Hall–Kier alpha value is -0.650. The fraction of sp³-hybridized carbons (Fsp3) is 0.812. The van der Waals surface area contributed by atoms with E-state index in [4.69, 9.17) is 4.98 Å². The lowest BCUT2D eigenvalue weighted by atomic mass is 9.97. The lowest BCUT2D eigenvalue weighted by molar-refractivity contribution is 0.222. The van der Waals surface area contributed by atoms with Gasteiger partial charge in [-0.25, -0.2) is 4.98 Å². The minimum absolute atomic E-state index is 0.690. The highest BCUT2D eigenvalue weighted by atomic mass is 32.1. The number of piperidine rings is 1. The first kappa shape index (κ1) is 16.7. The van der Waals surface area contributed by atoms with Gasteiger partial charge < -0.3 is 15.1 Å². The smallest absolute Gasteiger partial charge is 0.185 e. The summed E-state index contributed by atoms with van der Waals surface area (Å²) in [5, 5.41) is 6.81. The molecule has 1 aliphatic rings. The number of likely N-dealkylation sites (tertiary alicyclic amines) is 1. The largest absolute Gasteiger partial charge is 0.351 e. The number of hydrogen-bond acceptors (Lipinski definition) is 5. The van der Waals surface area contributed by atoms with Gasteiger partial charge in [0.05, 0.1) is 5.69 Å². The number of rotatable bonds is 7. The lowest BCUT2D eigenvalue weighted by Crippen LogP contribution is -2.35. The molecule has 120 valence electrons. The second-order valence-corrected chi connectivity index (χ2v) is 7.61. The molecule has 0 saturated carbocycles. The summed E-state index contributed by atoms with van der Waals surface area (Å²) in [5.74, 6) is 1.51. The molecule has 1 N–H and O–H groups in total. The minimum Gasteiger partial charge on any atom is -0.351 e. The summed E-state index contributed by atoms with van der Waals surface area (Å²) in [6.07, 6.45) is 2.63. The van der Waals surface area contributed by atoms with Crippen LogP contribution in [0, 0.1) is 11.8 Å². The van der Waals surface area contributed by atoms with Crippen LogP contribution in [0.1, 0.15) is 32.4 Å². The van der Waals surface area contributed by atoms with E-state index in [2.05, 4.69) is 48.4 Å². The molecule has 2 heterocycles. The average molecular weight is 311 g/mol. The average Bonchev–Trinajstić information content (AvgIpc) is 2.90. The van der Waals surface area contributed by atoms with Crippen molar-refractivity contribution in [1.82, 2.24) is 15.2 Å². The van der Waals surface area contributed by atoms with Crippen molar-refractivity contribution in [2.24, 2.45) is 11.8 Å². The van der Waals surface area contributed by atoms with Crippen molar-refractivity contribution in [3.8, 4) is 0 Å². The second kappa shape index (κ2) is 8.11. The normalized spacial score (nSPS) is 17.6. The van der Waals surface area contributed by atoms with Crippen LogP contribution in [0.3, 0.4) is 0 Å². The molecule has 0 radical (unpaired) electrons. The zero-order valence-corrected chi connectivity index (χ0v) is 14.7. The molecule has 5 heteroatoms. The van der Waals surface area contributed by atoms with E-state index in [9.17, 15) is 0 Å². The molecular weight excluding hydrogens is 280 g/mol. The van der Waals surface area contributed by atoms with E-state index in [0.29, 0.717) is 5.92 Å². The lowest BCUT2D eigenvalue weighted by Gasteiger charge is -2.31. The monoisotopic (exact) mass is 310 g/mol. The molecule has 1 aromatic rings.